The number of nitrogens with zero attached hydrogens (tertiary/aromatic N) is 5. The molecule has 0 saturated carbocycles. The summed E-state index contributed by atoms with van der Waals surface area (Å²) in [6.07, 6.45) is -0.552. The molecule has 0 radical (unpaired) electrons. The van der Waals surface area contributed by atoms with Gasteiger partial charge in [-0.25, -0.2) is 0 Å². The lowest BCUT2D eigenvalue weighted by Gasteiger charge is -2.32. The van der Waals surface area contributed by atoms with Crippen LogP contribution >= 0.6 is 35.3 Å². The van der Waals surface area contributed by atoms with Gasteiger partial charge in [-0.2, -0.15) is 11.8 Å². The number of thioether (sulfide) groups is 3. The van der Waals surface area contributed by atoms with E-state index in [4.69, 9.17) is 11.5 Å². The maximum absolute atomic E-state index is 15.5. The van der Waals surface area contributed by atoms with Gasteiger partial charge < -0.3 is 115 Å². The third-order valence-electron chi connectivity index (χ3n) is 24.2. The molecule has 8 fully saturated rings. The van der Waals surface area contributed by atoms with Gasteiger partial charge in [0.2, 0.25) is 100 Å². The maximum Gasteiger partial charge on any atom is 0.305 e. The average molecular weight is 1840 g/mol. The number of para-hydroxylation sites is 2. The Balaban J connectivity index is 0.997. The third-order valence-corrected chi connectivity index (χ3v) is 27.3. The predicted molar refractivity (Wildman–Crippen MR) is 471 cm³/mol. The van der Waals surface area contributed by atoms with E-state index in [9.17, 15) is 91.7 Å². The molecule has 6 bridgehead atoms. The number of aromatic nitrogens is 2. The highest BCUT2D eigenvalue weighted by Gasteiger charge is 2.69. The largest absolute Gasteiger partial charge is 0.481 e. The quantitative estimate of drug-likeness (QED) is 0.0394. The van der Waals surface area contributed by atoms with Crippen LogP contribution in [0.1, 0.15) is 98.1 Å². The molecule has 15 atom stereocenters. The summed E-state index contributed by atoms with van der Waals surface area (Å²) in [5.74, 6) is -21.3. The number of amides is 17. The van der Waals surface area contributed by atoms with Crippen LogP contribution in [0, 0.1) is 28.6 Å². The molecule has 2 spiro atoms. The lowest BCUT2D eigenvalue weighted by atomic mass is 9.71. The number of aliphatic hydroxyl groups excluding tert-OH is 1. The van der Waals surface area contributed by atoms with Gasteiger partial charge in [0, 0.05) is 147 Å². The summed E-state index contributed by atoms with van der Waals surface area (Å²) in [7, 11) is 1.37. The summed E-state index contributed by atoms with van der Waals surface area (Å²) < 4.78 is 0. The van der Waals surface area contributed by atoms with Crippen LogP contribution in [0.2, 0.25) is 0 Å². The molecule has 8 aliphatic heterocycles. The molecule has 41 nitrogen and oxygen atoms in total. The number of nitrogens with one attached hydrogen (secondary N) is 13. The summed E-state index contributed by atoms with van der Waals surface area (Å²) in [6.45, 7) is 8.98. The number of H-pyrrole nitrogens is 2. The smallest absolute Gasteiger partial charge is 0.305 e. The highest BCUT2D eigenvalue weighted by atomic mass is 32.2. The van der Waals surface area contributed by atoms with E-state index in [1.165, 1.54) is 46.6 Å². The minimum atomic E-state index is -1.95. The van der Waals surface area contributed by atoms with Gasteiger partial charge in [0.25, 0.3) is 0 Å². The molecule has 0 aliphatic carbocycles. The first-order valence-electron chi connectivity index (χ1n) is 42.7. The van der Waals surface area contributed by atoms with Gasteiger partial charge in [-0.1, -0.05) is 71.0 Å². The van der Waals surface area contributed by atoms with Crippen LogP contribution in [0.25, 0.3) is 21.8 Å². The number of carbonyl (C=O) groups excluding carboxylic acids is 18. The number of likely N-dealkylation sites (N-methyl/N-ethyl adjacent to an activating group) is 1. The predicted octanol–water partition coefficient (Wildman–Crippen LogP) is -4.42. The Kier molecular flexibility index (Phi) is 34.0. The van der Waals surface area contributed by atoms with E-state index in [0.29, 0.717) is 39.4 Å². The molecule has 19 N–H and O–H groups in total. The molecule has 12 rings (SSSR count). The van der Waals surface area contributed by atoms with Crippen molar-refractivity contribution in [1.82, 2.24) is 93.0 Å². The van der Waals surface area contributed by atoms with Crippen molar-refractivity contribution in [1.29, 1.82) is 0 Å². The highest BCUT2D eigenvalue weighted by Crippen LogP contribution is 2.57. The molecular weight excluding hydrogens is 1720 g/mol. The first kappa shape index (κ1) is 98.8. The zero-order valence-electron chi connectivity index (χ0n) is 72.7. The monoisotopic (exact) mass is 1840 g/mol. The SMILES string of the molecule is CC[C@@H]1NC(=O)[C@H]([C@@H](C)O)NC(=O)[C@@H](CC(=O)[C@H](C)NC(=O)CN(C)C(=O)CCN)CSCC(=O)N2CC34CN5C[C@@]3(C2)CN(C4)C(=O)CSC[C@@H](NC1=O)C(=O)N[C@@H](Cc1c[nH]c2ccccc12)C(=O)N[C@@H](C(C)C)C(=O)N[C@@H](CC(=O)O)C(=O)NCC(=O)N[C@@H](Cc1c[nH]c2ccccc12)C(=O)N[C@@H](C(C)C)C(=O)N1CCC[C@H]1C(=O)N[C@H](C(N)=O)CSCC5=O. The molecule has 4 aromatic rings. The number of primary amides is 1. The Morgan fingerprint density at radius 3 is 1.58 bits per heavy atom. The van der Waals surface area contributed by atoms with Crippen LogP contribution in [-0.4, -0.2) is 336 Å². The van der Waals surface area contributed by atoms with Gasteiger partial charge in [-0.15, -0.1) is 23.5 Å². The molecule has 1 unspecified atom stereocenters. The Morgan fingerprint density at radius 2 is 1.05 bits per heavy atom. The number of carbonyl (C=O) groups is 19. The molecular formula is C84H116N20O21S3. The van der Waals surface area contributed by atoms with Crippen LogP contribution in [0.3, 0.4) is 0 Å². The number of ketones is 1. The Bertz CT molecular complexity index is 4870. The molecule has 2 aromatic heterocycles. The van der Waals surface area contributed by atoms with Crippen LogP contribution in [0.4, 0.5) is 0 Å². The van der Waals surface area contributed by atoms with Crippen LogP contribution in [-0.2, 0) is 104 Å². The molecule has 17 amide bonds. The number of aliphatic carboxylic acids is 1. The number of hydrogen-bond acceptors (Lipinski definition) is 24. The van der Waals surface area contributed by atoms with Gasteiger partial charge in [0.05, 0.1) is 54.8 Å². The van der Waals surface area contributed by atoms with Crippen molar-refractivity contribution in [2.24, 2.45) is 40.1 Å². The van der Waals surface area contributed by atoms with E-state index >= 15 is 9.59 Å². The Labute approximate surface area is 751 Å². The van der Waals surface area contributed by atoms with Crippen LogP contribution < -0.4 is 70.0 Å². The number of benzene rings is 2. The second kappa shape index (κ2) is 44.1. The molecule has 2 aromatic carbocycles. The second-order valence-electron chi connectivity index (χ2n) is 34.4. The van der Waals surface area contributed by atoms with Gasteiger partial charge in [0.15, 0.2) is 5.78 Å². The molecule has 44 heteroatoms. The van der Waals surface area contributed by atoms with Crippen molar-refractivity contribution in [3.63, 3.8) is 0 Å². The minimum absolute atomic E-state index is 0.000698. The average Bonchev–Trinajstić information content (AvgIpc) is 1.52. The van der Waals surface area contributed by atoms with E-state index in [2.05, 4.69) is 68.5 Å². The van der Waals surface area contributed by atoms with Crippen molar-refractivity contribution >= 4 is 169 Å². The summed E-state index contributed by atoms with van der Waals surface area (Å²) in [5.41, 5.74) is 11.7. The summed E-state index contributed by atoms with van der Waals surface area (Å²) in [5, 5.41) is 51.2. The van der Waals surface area contributed by atoms with Crippen LogP contribution in [0.5, 0.6) is 0 Å². The lowest BCUT2D eigenvalue weighted by Crippen LogP contribution is -2.61. The molecule has 696 valence electrons. The van der Waals surface area contributed by atoms with Gasteiger partial charge in [-0.05, 0) is 68.2 Å². The lowest BCUT2D eigenvalue weighted by molar-refractivity contribution is -0.143. The topological polar surface area (TPSA) is 597 Å². The number of carboxylic acid groups (broad SMARTS) is 1. The van der Waals surface area contributed by atoms with Gasteiger partial charge in [-0.3, -0.25) is 91.1 Å². The van der Waals surface area contributed by atoms with Crippen LogP contribution in [0.15, 0.2) is 60.9 Å². The number of fused-ring (bicyclic) bond motifs is 38. The summed E-state index contributed by atoms with van der Waals surface area (Å²) >= 11 is 2.84. The number of hydrogen-bond donors (Lipinski definition) is 17. The Hall–Kier alpha value is -11.4. The fraction of sp³-hybridized carbons (Fsp3) is 0.583. The number of aliphatic hydroxyl groups is 1. The number of nitrogens with two attached hydrogens (primary N) is 2. The summed E-state index contributed by atoms with van der Waals surface area (Å²) in [4.78, 5) is 286. The fourth-order valence-electron chi connectivity index (χ4n) is 17.1. The molecule has 8 aliphatic rings. The van der Waals surface area contributed by atoms with E-state index < -0.39 is 245 Å². The number of carboxylic acids is 1. The first-order valence-corrected chi connectivity index (χ1v) is 46.1. The second-order valence-corrected chi connectivity index (χ2v) is 37.4. The third kappa shape index (κ3) is 24.5. The van der Waals surface area contributed by atoms with Gasteiger partial charge >= 0.3 is 5.97 Å². The van der Waals surface area contributed by atoms with Crippen molar-refractivity contribution in [2.45, 2.75) is 172 Å². The Morgan fingerprint density at radius 1 is 0.562 bits per heavy atom. The van der Waals surface area contributed by atoms with Crippen molar-refractivity contribution < 1.29 is 101 Å². The first-order chi connectivity index (χ1) is 60.7. The van der Waals surface area contributed by atoms with Crippen molar-refractivity contribution in [2.75, 3.05) is 107 Å². The zero-order chi connectivity index (χ0) is 93.3. The molecule has 128 heavy (non-hydrogen) atoms. The normalized spacial score (nSPS) is 27.2. The molecule has 8 saturated heterocycles. The van der Waals surface area contributed by atoms with E-state index in [1.54, 1.807) is 89.5 Å². The van der Waals surface area contributed by atoms with Gasteiger partial charge in [0.1, 0.15) is 60.4 Å². The number of aromatic amines is 2. The number of Topliss-reactive ketones (excluding diaryl/α,β-unsaturated/α-hetero) is 1. The fourth-order valence-corrected chi connectivity index (χ4v) is 20.0. The van der Waals surface area contributed by atoms with E-state index in [0.717, 1.165) is 40.2 Å². The van der Waals surface area contributed by atoms with E-state index in [-0.39, 0.29) is 113 Å². The highest BCUT2D eigenvalue weighted by molar-refractivity contribution is 8.00. The van der Waals surface area contributed by atoms with E-state index in [1.807, 2.05) is 0 Å². The minimum Gasteiger partial charge on any atom is -0.481 e. The van der Waals surface area contributed by atoms with Crippen molar-refractivity contribution in [3.8, 4) is 0 Å². The number of rotatable bonds is 19. The molecule has 10 heterocycles. The standard InChI is InChI=1S/C84H116N20O21S3/c1-9-52-75(118)96-59-33-128-36-67(112)103-41-83-37-101(65(110)34-126-31-49(73(116)99-71(46(7)105)81(124)92-52)25-61(106)45(6)90-63(108)30-100(8)64(109)20-21-85)38-84(83,42-103)40-102(39-83)66(111)35-127-32-58(72(86)115)95-79(122)60-19-14-22-104(60)82(125)70(44(4)5)98-76(119)55(23-47-27-87-53-17-12-10-15-50(47)53)91-62(107)29-89-74(117)57(26-68(113)114)94-80(123)69(43(2)3)97-77(120)56(93-78(59)121)24-48-28-88-54-18-13-11-16-51(48)54/h10-13,15-18,27-28,43-46,49,52,55-60,69-71,87-88,105H,9,14,19-26,29-42,85H2,1-8H3,(H2,86,115)(H,89,117)(H,90,108)(H,91,107)(H,92,124)(H,93,121)(H,94,123)(H,95,122)(H,96,118)(H,97,120)(H,98,119)(H,99,116)(H,113,114)/t45-,46+,49-,52-,55-,56-,57-,58-,59+,60-,69-,70-,71-,83-,84?/m0/s1. The summed E-state index contributed by atoms with van der Waals surface area (Å²) in [6, 6.07) is -3.02. The van der Waals surface area contributed by atoms with Crippen molar-refractivity contribution in [3.05, 3.63) is 72.1 Å². The maximum atomic E-state index is 15.5. The zero-order valence-corrected chi connectivity index (χ0v) is 75.1.